The lowest BCUT2D eigenvalue weighted by Crippen LogP contribution is -2.35. The topological polar surface area (TPSA) is 324 Å². The maximum atomic E-state index is 13.8. The summed E-state index contributed by atoms with van der Waals surface area (Å²) < 4.78 is 74.7. The van der Waals surface area contributed by atoms with E-state index in [-0.39, 0.29) is 84.8 Å². The van der Waals surface area contributed by atoms with Gasteiger partial charge >= 0.3 is 23.8 Å². The third kappa shape index (κ3) is 19.1. The number of pyridine rings is 3. The molecule has 0 N–H and O–H groups in total. The van der Waals surface area contributed by atoms with Crippen LogP contribution in [0.1, 0.15) is 105 Å². The Balaban J connectivity index is 0.000000142. The number of rotatable bonds is 24. The summed E-state index contributed by atoms with van der Waals surface area (Å²) in [4.78, 5) is 87.1. The Labute approximate surface area is 670 Å². The predicted molar refractivity (Wildman–Crippen MR) is 433 cm³/mol. The van der Waals surface area contributed by atoms with Crippen molar-refractivity contribution < 1.29 is 75.1 Å². The van der Waals surface area contributed by atoms with Crippen molar-refractivity contribution in [1.29, 1.82) is 0 Å². The average Bonchev–Trinajstić information content (AvgIpc) is 1.60. The molecule has 0 spiro atoms. The highest BCUT2D eigenvalue weighted by molar-refractivity contribution is 9.10. The Hall–Kier alpha value is -12.1. The summed E-state index contributed by atoms with van der Waals surface area (Å²) in [6, 6.07) is 27.6. The number of fused-ring (bicyclic) bond motifs is 5. The number of aromatic nitrogens is 11. The lowest BCUT2D eigenvalue weighted by Gasteiger charge is -2.23. The molecule has 115 heavy (non-hydrogen) atoms. The van der Waals surface area contributed by atoms with E-state index in [1.807, 2.05) is 106 Å². The number of hydrogen-bond acceptors (Lipinski definition) is 24. The zero-order valence-electron chi connectivity index (χ0n) is 65.4. The van der Waals surface area contributed by atoms with Crippen molar-refractivity contribution >= 4 is 95.6 Å². The second kappa shape index (κ2) is 37.7. The SMILES string of the molecule is CCOC(=O)N(CCC1CCCO1)c1c(C(=O)c2ccc(OC)cc2)oc2ncc(-c3cnn(C)c3)cc12.CCOC(=O)c1oc2ncc(-c3cnn(C)c3)cc2c1N(CCC1CCCO1)C(=O)OCC.COc1ccc(-c2nc(=O)n(CCC3CCCO3)c3c2oc2ncc(-c4cnn(C)c4)cc23)cc1.COc1ccc(Br)cc1. The molecular weight excluding hydrogens is 1540 g/mol. The molecular formula is C84H90BrN13O17. The first-order chi connectivity index (χ1) is 55.9. The molecule has 13 heterocycles. The van der Waals surface area contributed by atoms with Gasteiger partial charge in [-0.15, -0.1) is 0 Å². The fourth-order valence-electron chi connectivity index (χ4n) is 13.9. The third-order valence-corrected chi connectivity index (χ3v) is 20.2. The van der Waals surface area contributed by atoms with Gasteiger partial charge in [-0.25, -0.2) is 34.1 Å². The number of benzene rings is 3. The lowest BCUT2D eigenvalue weighted by molar-refractivity contribution is 0.0493. The maximum absolute atomic E-state index is 13.8. The van der Waals surface area contributed by atoms with Gasteiger partial charge in [-0.2, -0.15) is 20.3 Å². The van der Waals surface area contributed by atoms with Crippen LogP contribution >= 0.6 is 15.9 Å². The molecule has 3 unspecified atom stereocenters. The molecule has 30 nitrogen and oxygen atoms in total. The Bertz CT molecular complexity index is 5570. The number of carbonyl (C=O) groups is 4. The van der Waals surface area contributed by atoms with Gasteiger partial charge < -0.3 is 55.9 Å². The number of ketones is 1. The normalized spacial score (nSPS) is 15.0. The molecule has 0 bridgehead atoms. The van der Waals surface area contributed by atoms with E-state index in [0.29, 0.717) is 89.4 Å². The van der Waals surface area contributed by atoms with Gasteiger partial charge in [0.1, 0.15) is 39.8 Å². The van der Waals surface area contributed by atoms with Crippen molar-refractivity contribution in [1.82, 2.24) is 53.8 Å². The van der Waals surface area contributed by atoms with E-state index < -0.39 is 18.2 Å². The van der Waals surface area contributed by atoms with Crippen molar-refractivity contribution in [3.05, 3.63) is 179 Å². The summed E-state index contributed by atoms with van der Waals surface area (Å²) in [7, 11) is 10.4. The molecule has 600 valence electrons. The van der Waals surface area contributed by atoms with Gasteiger partial charge in [0.15, 0.2) is 5.58 Å². The molecule has 13 aromatic rings. The van der Waals surface area contributed by atoms with Crippen LogP contribution in [0.5, 0.6) is 17.2 Å². The van der Waals surface area contributed by atoms with Crippen LogP contribution in [0.25, 0.3) is 89.0 Å². The van der Waals surface area contributed by atoms with E-state index in [4.69, 9.17) is 55.9 Å². The van der Waals surface area contributed by atoms with Gasteiger partial charge in [0.05, 0.1) is 94.2 Å². The molecule has 0 radical (unpaired) electrons. The molecule has 10 aromatic heterocycles. The molecule has 2 amide bonds. The number of methoxy groups -OCH3 is 3. The van der Waals surface area contributed by atoms with Crippen LogP contribution in [0.15, 0.2) is 169 Å². The smallest absolute Gasteiger partial charge is 0.414 e. The van der Waals surface area contributed by atoms with E-state index in [0.717, 1.165) is 112 Å². The molecule has 3 fully saturated rings. The van der Waals surface area contributed by atoms with Crippen molar-refractivity contribution in [3.8, 4) is 61.9 Å². The molecule has 3 aromatic carbocycles. The minimum Gasteiger partial charge on any atom is -0.497 e. The van der Waals surface area contributed by atoms with E-state index in [1.165, 1.54) is 9.80 Å². The van der Waals surface area contributed by atoms with E-state index in [2.05, 4.69) is 51.2 Å². The summed E-state index contributed by atoms with van der Waals surface area (Å²) >= 11 is 3.32. The summed E-state index contributed by atoms with van der Waals surface area (Å²) in [6.07, 6.45) is 22.9. The van der Waals surface area contributed by atoms with Crippen molar-refractivity contribution in [2.24, 2.45) is 21.1 Å². The first kappa shape index (κ1) is 81.0. The van der Waals surface area contributed by atoms with Crippen LogP contribution in [0, 0.1) is 0 Å². The molecule has 0 saturated carbocycles. The second-order valence-corrected chi connectivity index (χ2v) is 28.2. The second-order valence-electron chi connectivity index (χ2n) is 27.3. The number of nitrogens with zero attached hydrogens (tertiary/aromatic N) is 13. The van der Waals surface area contributed by atoms with Crippen LogP contribution in [0.4, 0.5) is 21.0 Å². The lowest BCUT2D eigenvalue weighted by atomic mass is 10.0. The first-order valence-electron chi connectivity index (χ1n) is 38.1. The van der Waals surface area contributed by atoms with Crippen molar-refractivity contribution in [3.63, 3.8) is 0 Å². The van der Waals surface area contributed by atoms with E-state index in [9.17, 15) is 24.0 Å². The minimum absolute atomic E-state index is 0.0152. The van der Waals surface area contributed by atoms with Crippen molar-refractivity contribution in [2.45, 2.75) is 103 Å². The quantitative estimate of drug-likeness (QED) is 0.0308. The minimum atomic E-state index is -0.667. The van der Waals surface area contributed by atoms with Gasteiger partial charge in [0.25, 0.3) is 0 Å². The number of aryl methyl sites for hydroxylation is 4. The highest BCUT2D eigenvalue weighted by Gasteiger charge is 2.35. The number of furan rings is 3. The monoisotopic (exact) mass is 1630 g/mol. The van der Waals surface area contributed by atoms with E-state index >= 15 is 0 Å². The van der Waals surface area contributed by atoms with Gasteiger partial charge in [0.2, 0.25) is 34.4 Å². The van der Waals surface area contributed by atoms with E-state index in [1.54, 1.807) is 122 Å². The van der Waals surface area contributed by atoms with Gasteiger partial charge in [-0.05, 0) is 170 Å². The Morgan fingerprint density at radius 3 is 1.34 bits per heavy atom. The molecule has 16 rings (SSSR count). The first-order valence-corrected chi connectivity index (χ1v) is 38.9. The molecule has 3 atom stereocenters. The number of hydrogen-bond donors (Lipinski definition) is 0. The maximum Gasteiger partial charge on any atom is 0.414 e. The zero-order valence-corrected chi connectivity index (χ0v) is 67.0. The number of halogens is 1. The zero-order chi connectivity index (χ0) is 80.7. The van der Waals surface area contributed by atoms with Gasteiger partial charge in [0, 0.05) is 147 Å². The molecule has 3 aliphatic heterocycles. The van der Waals surface area contributed by atoms with Gasteiger partial charge in [-0.1, -0.05) is 15.9 Å². The summed E-state index contributed by atoms with van der Waals surface area (Å²) in [5.41, 5.74) is 9.19. The Morgan fingerprint density at radius 2 is 0.913 bits per heavy atom. The number of ether oxygens (including phenoxy) is 9. The number of carbonyl (C=O) groups excluding carboxylic acids is 4. The van der Waals surface area contributed by atoms with Crippen LogP contribution in [-0.2, 0) is 56.1 Å². The van der Waals surface area contributed by atoms with Crippen LogP contribution in [0.3, 0.4) is 0 Å². The van der Waals surface area contributed by atoms with Crippen molar-refractivity contribution in [2.75, 3.05) is 83.9 Å². The molecule has 3 saturated heterocycles. The third-order valence-electron chi connectivity index (χ3n) is 19.6. The standard InChI is InChI=1S/C28H30N4O6.C26H25N5O4.C23H28N4O6.C7H7BrO/c1-4-36-28(34)32(12-11-22-6-5-13-37-22)24-23-14-19(20-16-30-31(2)17-20)15-29-27(23)38-26(24)25(33)18-7-9-21(35-3)10-8-18;1-30-15-18(14-28-30)17-12-21-23-24(35-25(21)27-13-17)22(16-5-7-19(33-2)8-6-16)29-26(32)31(23)10-9-20-4-3-11-34-20;1-4-30-22(28)20-19(27(23(29)31-5-2)9-8-17-7-6-10-32-17)18-11-15(12-24-21(18)33-20)16-13-25-26(3)14-16;1-9-7-4-2-6(8)3-5-7/h7-10,14-17,22H,4-6,11-13H2,1-3H3;5-8,12-15,20H,3-4,9-11H2,1-2H3;11-14,17H,4-10H2,1-3H3;2-5H,1H3. The Morgan fingerprint density at radius 1 is 0.496 bits per heavy atom. The van der Waals surface area contributed by atoms with Gasteiger partial charge in [-0.3, -0.25) is 33.2 Å². The van der Waals surface area contributed by atoms with Crippen LogP contribution in [0.2, 0.25) is 0 Å². The number of esters is 1. The van der Waals surface area contributed by atoms with Crippen LogP contribution < -0.4 is 29.7 Å². The fourth-order valence-corrected chi connectivity index (χ4v) is 14.1. The summed E-state index contributed by atoms with van der Waals surface area (Å²) in [6.45, 7) is 9.00. The summed E-state index contributed by atoms with van der Waals surface area (Å²) in [5, 5.41) is 14.5. The number of anilines is 2. The Kier molecular flexibility index (Phi) is 26.6. The van der Waals surface area contributed by atoms with Crippen LogP contribution in [-0.4, -0.2) is 170 Å². The molecule has 0 aliphatic carbocycles. The largest absolute Gasteiger partial charge is 0.497 e. The molecule has 31 heteroatoms. The number of amides is 2. The molecule has 3 aliphatic rings. The summed E-state index contributed by atoms with van der Waals surface area (Å²) in [5.74, 6) is 1.12. The fraction of sp³-hybridized carbons (Fsp3) is 0.357. The predicted octanol–water partition coefficient (Wildman–Crippen LogP) is 15.6. The highest BCUT2D eigenvalue weighted by atomic mass is 79.9. The average molecular weight is 1630 g/mol. The highest BCUT2D eigenvalue weighted by Crippen LogP contribution is 2.41.